The maximum absolute atomic E-state index is 12.9. The van der Waals surface area contributed by atoms with E-state index in [9.17, 15) is 9.59 Å². The molecule has 1 heterocycles. The number of aryl methyl sites for hydroxylation is 1. The standard InChI is InChI=1S/C23H26N2O5/c1-14-20(23(27)30-12-11-28-3)15(2)25-21(14)22(26)24-13-18-17-8-6-5-7-16(17)9-10-19(18)29-4/h5-10,25H,11-13H2,1-4H3,(H,24,26). The van der Waals surface area contributed by atoms with E-state index in [1.54, 1.807) is 21.0 Å². The molecule has 0 aliphatic carbocycles. The number of H-pyrrole nitrogens is 1. The van der Waals surface area contributed by atoms with Gasteiger partial charge in [-0.2, -0.15) is 0 Å². The van der Waals surface area contributed by atoms with Crippen LogP contribution in [0.1, 0.15) is 37.7 Å². The van der Waals surface area contributed by atoms with Gasteiger partial charge >= 0.3 is 5.97 Å². The van der Waals surface area contributed by atoms with Crippen LogP contribution in [0.25, 0.3) is 10.8 Å². The zero-order valence-electron chi connectivity index (χ0n) is 17.6. The fourth-order valence-electron chi connectivity index (χ4n) is 3.52. The van der Waals surface area contributed by atoms with Crippen LogP contribution in [0, 0.1) is 13.8 Å². The van der Waals surface area contributed by atoms with Crippen molar-refractivity contribution in [2.24, 2.45) is 0 Å². The number of carbonyl (C=O) groups excluding carboxylic acids is 2. The third-order valence-corrected chi connectivity index (χ3v) is 5.03. The average Bonchev–Trinajstić information content (AvgIpc) is 3.05. The van der Waals surface area contributed by atoms with Gasteiger partial charge < -0.3 is 24.5 Å². The van der Waals surface area contributed by atoms with E-state index >= 15 is 0 Å². The van der Waals surface area contributed by atoms with Gasteiger partial charge in [-0.05, 0) is 36.2 Å². The Balaban J connectivity index is 1.80. The summed E-state index contributed by atoms with van der Waals surface area (Å²) in [6.45, 7) is 4.22. The number of hydrogen-bond donors (Lipinski definition) is 2. The molecule has 0 saturated heterocycles. The van der Waals surface area contributed by atoms with E-state index < -0.39 is 5.97 Å². The van der Waals surface area contributed by atoms with Gasteiger partial charge in [0.15, 0.2) is 0 Å². The summed E-state index contributed by atoms with van der Waals surface area (Å²) in [4.78, 5) is 28.2. The summed E-state index contributed by atoms with van der Waals surface area (Å²) in [5.41, 5.74) is 2.74. The third kappa shape index (κ3) is 4.31. The summed E-state index contributed by atoms with van der Waals surface area (Å²) in [6, 6.07) is 11.8. The molecule has 0 atom stereocenters. The van der Waals surface area contributed by atoms with Crippen molar-refractivity contribution >= 4 is 22.6 Å². The zero-order valence-corrected chi connectivity index (χ0v) is 17.6. The van der Waals surface area contributed by atoms with Crippen LogP contribution < -0.4 is 10.1 Å². The summed E-state index contributed by atoms with van der Waals surface area (Å²) in [5.74, 6) is -0.0783. The lowest BCUT2D eigenvalue weighted by Crippen LogP contribution is -2.24. The number of nitrogens with one attached hydrogen (secondary N) is 2. The molecule has 7 heteroatoms. The van der Waals surface area contributed by atoms with E-state index in [-0.39, 0.29) is 19.1 Å². The lowest BCUT2D eigenvalue weighted by molar-refractivity contribution is 0.0387. The molecular formula is C23H26N2O5. The van der Waals surface area contributed by atoms with Gasteiger partial charge in [0.1, 0.15) is 18.1 Å². The monoisotopic (exact) mass is 410 g/mol. The van der Waals surface area contributed by atoms with Crippen molar-refractivity contribution in [3.63, 3.8) is 0 Å². The number of methoxy groups -OCH3 is 2. The minimum atomic E-state index is -0.479. The maximum atomic E-state index is 12.9. The number of aromatic amines is 1. The van der Waals surface area contributed by atoms with Gasteiger partial charge in [0.25, 0.3) is 5.91 Å². The Labute approximate surface area is 175 Å². The largest absolute Gasteiger partial charge is 0.496 e. The number of amides is 1. The molecule has 0 bridgehead atoms. The molecule has 7 nitrogen and oxygen atoms in total. The summed E-state index contributed by atoms with van der Waals surface area (Å²) >= 11 is 0. The molecule has 30 heavy (non-hydrogen) atoms. The number of rotatable bonds is 8. The summed E-state index contributed by atoms with van der Waals surface area (Å²) in [7, 11) is 3.14. The van der Waals surface area contributed by atoms with Crippen LogP contribution >= 0.6 is 0 Å². The van der Waals surface area contributed by atoms with Crippen LogP contribution in [-0.2, 0) is 16.0 Å². The molecule has 158 valence electrons. The molecule has 1 aromatic heterocycles. The highest BCUT2D eigenvalue weighted by molar-refractivity contribution is 6.00. The Morgan fingerprint density at radius 2 is 1.80 bits per heavy atom. The number of aromatic nitrogens is 1. The van der Waals surface area contributed by atoms with Crippen molar-refractivity contribution in [2.45, 2.75) is 20.4 Å². The van der Waals surface area contributed by atoms with Crippen LogP contribution in [0.3, 0.4) is 0 Å². The smallest absolute Gasteiger partial charge is 0.340 e. The Morgan fingerprint density at radius 1 is 1.03 bits per heavy atom. The van der Waals surface area contributed by atoms with E-state index in [0.717, 1.165) is 16.3 Å². The maximum Gasteiger partial charge on any atom is 0.340 e. The first kappa shape index (κ1) is 21.4. The molecule has 2 N–H and O–H groups in total. The van der Waals surface area contributed by atoms with Crippen molar-refractivity contribution in [3.05, 3.63) is 64.5 Å². The SMILES string of the molecule is COCCOC(=O)c1c(C)[nH]c(C(=O)NCc2c(OC)ccc3ccccc23)c1C. The summed E-state index contributed by atoms with van der Waals surface area (Å²) in [5, 5.41) is 5.01. The molecule has 3 aromatic rings. The van der Waals surface area contributed by atoms with Gasteiger partial charge in [0.05, 0.1) is 19.3 Å². The van der Waals surface area contributed by atoms with Crippen molar-refractivity contribution < 1.29 is 23.8 Å². The lowest BCUT2D eigenvalue weighted by atomic mass is 10.0. The van der Waals surface area contributed by atoms with Crippen molar-refractivity contribution in [3.8, 4) is 5.75 Å². The molecule has 0 fully saturated rings. The molecule has 3 rings (SSSR count). The first-order chi connectivity index (χ1) is 14.5. The second-order valence-corrected chi connectivity index (χ2v) is 6.90. The first-order valence-electron chi connectivity index (χ1n) is 9.66. The third-order valence-electron chi connectivity index (χ3n) is 5.03. The van der Waals surface area contributed by atoms with Gasteiger partial charge in [0, 0.05) is 24.9 Å². The van der Waals surface area contributed by atoms with E-state index in [1.807, 2.05) is 36.4 Å². The van der Waals surface area contributed by atoms with E-state index in [0.29, 0.717) is 34.9 Å². The van der Waals surface area contributed by atoms with Gasteiger partial charge in [-0.25, -0.2) is 4.79 Å². The molecule has 0 spiro atoms. The van der Waals surface area contributed by atoms with E-state index in [4.69, 9.17) is 14.2 Å². The fraction of sp³-hybridized carbons (Fsp3) is 0.304. The van der Waals surface area contributed by atoms with Crippen LogP contribution in [-0.4, -0.2) is 44.3 Å². The molecule has 0 aliphatic rings. The number of ether oxygens (including phenoxy) is 3. The summed E-state index contributed by atoms with van der Waals surface area (Å²) in [6.07, 6.45) is 0. The molecule has 1 amide bonds. The Morgan fingerprint density at radius 3 is 2.53 bits per heavy atom. The quantitative estimate of drug-likeness (QED) is 0.438. The molecule has 2 aromatic carbocycles. The van der Waals surface area contributed by atoms with Crippen molar-refractivity contribution in [1.29, 1.82) is 0 Å². The van der Waals surface area contributed by atoms with Crippen molar-refractivity contribution in [1.82, 2.24) is 10.3 Å². The highest BCUT2D eigenvalue weighted by atomic mass is 16.6. The number of fused-ring (bicyclic) bond motifs is 1. The minimum Gasteiger partial charge on any atom is -0.496 e. The predicted octanol–water partition coefficient (Wildman–Crippen LogP) is 3.53. The topological polar surface area (TPSA) is 89.7 Å². The molecule has 0 unspecified atom stereocenters. The molecule has 0 saturated carbocycles. The highest BCUT2D eigenvalue weighted by Gasteiger charge is 2.23. The Hall–Kier alpha value is -3.32. The van der Waals surface area contributed by atoms with Crippen LogP contribution in [0.2, 0.25) is 0 Å². The van der Waals surface area contributed by atoms with E-state index in [2.05, 4.69) is 10.3 Å². The van der Waals surface area contributed by atoms with Crippen LogP contribution in [0.5, 0.6) is 5.75 Å². The van der Waals surface area contributed by atoms with Crippen LogP contribution in [0.4, 0.5) is 0 Å². The zero-order chi connectivity index (χ0) is 21.7. The average molecular weight is 410 g/mol. The Kier molecular flexibility index (Phi) is 6.74. The van der Waals surface area contributed by atoms with E-state index in [1.165, 1.54) is 7.11 Å². The van der Waals surface area contributed by atoms with Crippen molar-refractivity contribution in [2.75, 3.05) is 27.4 Å². The predicted molar refractivity (Wildman–Crippen MR) is 114 cm³/mol. The Bertz CT molecular complexity index is 1070. The van der Waals surface area contributed by atoms with Gasteiger partial charge in [-0.1, -0.05) is 30.3 Å². The number of hydrogen-bond acceptors (Lipinski definition) is 5. The van der Waals surface area contributed by atoms with Crippen LogP contribution in [0.15, 0.2) is 36.4 Å². The fourth-order valence-corrected chi connectivity index (χ4v) is 3.52. The lowest BCUT2D eigenvalue weighted by Gasteiger charge is -2.13. The number of esters is 1. The number of carbonyl (C=O) groups is 2. The number of benzene rings is 2. The minimum absolute atomic E-state index is 0.155. The highest BCUT2D eigenvalue weighted by Crippen LogP contribution is 2.28. The van der Waals surface area contributed by atoms with Gasteiger partial charge in [-0.3, -0.25) is 4.79 Å². The first-order valence-corrected chi connectivity index (χ1v) is 9.66. The molecule has 0 radical (unpaired) electrons. The molecular weight excluding hydrogens is 384 g/mol. The second kappa shape index (κ2) is 9.45. The van der Waals surface area contributed by atoms with Gasteiger partial charge in [-0.15, -0.1) is 0 Å². The normalized spacial score (nSPS) is 10.8. The second-order valence-electron chi connectivity index (χ2n) is 6.90. The molecule has 0 aliphatic heterocycles. The van der Waals surface area contributed by atoms with Gasteiger partial charge in [0.2, 0.25) is 0 Å². The summed E-state index contributed by atoms with van der Waals surface area (Å²) < 4.78 is 15.6.